The third-order valence-corrected chi connectivity index (χ3v) is 1.04. The highest BCUT2D eigenvalue weighted by atomic mass is 32.8. The van der Waals surface area contributed by atoms with Gasteiger partial charge in [0, 0.05) is 0 Å². The van der Waals surface area contributed by atoms with Crippen LogP contribution in [0.5, 0.6) is 0 Å². The van der Waals surface area contributed by atoms with E-state index in [9.17, 15) is 0 Å². The van der Waals surface area contributed by atoms with Crippen molar-refractivity contribution >= 4 is 20.8 Å². The van der Waals surface area contributed by atoms with Crippen LogP contribution in [0.1, 0.15) is 0 Å². The molecule has 4 heavy (non-hydrogen) atoms. The van der Waals surface area contributed by atoms with E-state index in [2.05, 4.69) is 0 Å². The van der Waals surface area contributed by atoms with Crippen molar-refractivity contribution in [3.63, 3.8) is 0 Å². The zero-order chi connectivity index (χ0) is 3.41. The highest BCUT2D eigenvalue weighted by Crippen LogP contribution is 1.27. The van der Waals surface area contributed by atoms with Crippen molar-refractivity contribution in [2.75, 3.05) is 6.26 Å². The first-order valence-electron chi connectivity index (χ1n) is 0.905. The quantitative estimate of drug-likeness (QED) is 0.333. The summed E-state index contributed by atoms with van der Waals surface area (Å²) in [6, 6.07) is 0. The maximum absolute atomic E-state index is 4.99. The predicted octanol–water partition coefficient (Wildman–Crippen LogP) is -0.965. The van der Waals surface area contributed by atoms with Gasteiger partial charge in [0.1, 0.15) is 0 Å². The average molecular weight is 97.2 g/mol. The molecular formula is CH7NS2. The van der Waals surface area contributed by atoms with Crippen LogP contribution >= 0.6 is 0 Å². The molecule has 0 heterocycles. The van der Waals surface area contributed by atoms with E-state index < -0.39 is 0 Å². The Balaban J connectivity index is 2.55. The minimum absolute atomic E-state index is 0.971. The Morgan fingerprint density at radius 3 is 2.00 bits per heavy atom. The maximum atomic E-state index is 4.99. The Hall–Kier alpha value is 0.660. The van der Waals surface area contributed by atoms with Gasteiger partial charge in [-0.15, -0.1) is 10.5 Å². The molecule has 0 saturated heterocycles. The van der Waals surface area contributed by atoms with E-state index in [0.717, 1.165) is 10.5 Å². The standard InChI is InChI=1S/CH7NS2/c1-3-4-2/h3-4H,2H2,1H3. The van der Waals surface area contributed by atoms with E-state index in [-0.39, 0.29) is 0 Å². The lowest BCUT2D eigenvalue weighted by Gasteiger charge is -1.56. The first-order valence-corrected chi connectivity index (χ1v) is 3.92. The first kappa shape index (κ1) is 4.66. The van der Waals surface area contributed by atoms with Crippen molar-refractivity contribution in [3.8, 4) is 0 Å². The summed E-state index contributed by atoms with van der Waals surface area (Å²) in [5.74, 6) is 0. The lowest BCUT2D eigenvalue weighted by atomic mass is 12.0. The summed E-state index contributed by atoms with van der Waals surface area (Å²) in [4.78, 5) is 0. The van der Waals surface area contributed by atoms with E-state index in [1.165, 1.54) is 10.3 Å². The zero-order valence-electron chi connectivity index (χ0n) is 2.47. The van der Waals surface area contributed by atoms with Gasteiger partial charge in [-0.3, -0.25) is 5.14 Å². The van der Waals surface area contributed by atoms with Crippen molar-refractivity contribution in [1.29, 1.82) is 0 Å². The SMILES string of the molecule is C[SH]=[SH]N. The number of hydrogen-bond donors (Lipinski definition) is 3. The molecule has 0 aliphatic rings. The average Bonchev–Trinajstić information content (AvgIpc) is 1.37. The molecule has 0 aromatic carbocycles. The largest absolute Gasteiger partial charge is 0.281 e. The number of rotatable bonds is 0. The van der Waals surface area contributed by atoms with Gasteiger partial charge in [0.05, 0.1) is 0 Å². The van der Waals surface area contributed by atoms with E-state index >= 15 is 0 Å². The molecule has 1 nitrogen and oxygen atoms in total. The van der Waals surface area contributed by atoms with Crippen molar-refractivity contribution in [3.05, 3.63) is 0 Å². The Labute approximate surface area is 32.9 Å². The molecule has 2 N–H and O–H groups in total. The third-order valence-electron chi connectivity index (χ3n) is 0.115. The lowest BCUT2D eigenvalue weighted by molar-refractivity contribution is 2.07. The molecule has 0 aromatic rings. The highest BCUT2D eigenvalue weighted by molar-refractivity contribution is 8.25. The van der Waals surface area contributed by atoms with Gasteiger partial charge in [0.2, 0.25) is 0 Å². The van der Waals surface area contributed by atoms with Crippen LogP contribution in [0.25, 0.3) is 0 Å². The fourth-order valence-corrected chi connectivity index (χ4v) is 0. The van der Waals surface area contributed by atoms with Gasteiger partial charge in [-0.2, -0.15) is 10.3 Å². The number of thiol groups is 2. The molecule has 0 aliphatic heterocycles. The van der Waals surface area contributed by atoms with E-state index in [0.29, 0.717) is 0 Å². The van der Waals surface area contributed by atoms with Gasteiger partial charge >= 0.3 is 0 Å². The van der Waals surface area contributed by atoms with E-state index in [1.807, 2.05) is 6.26 Å². The van der Waals surface area contributed by atoms with E-state index in [1.54, 1.807) is 0 Å². The molecule has 0 bridgehead atoms. The minimum Gasteiger partial charge on any atom is -0.281 e. The molecule has 0 aliphatic carbocycles. The predicted molar refractivity (Wildman–Crippen MR) is 27.6 cm³/mol. The topological polar surface area (TPSA) is 26.0 Å². The van der Waals surface area contributed by atoms with Crippen LogP contribution < -0.4 is 5.14 Å². The molecule has 0 spiro atoms. The van der Waals surface area contributed by atoms with Crippen molar-refractivity contribution in [1.82, 2.24) is 0 Å². The summed E-state index contributed by atoms with van der Waals surface area (Å²) in [6.07, 6.45) is 2.02. The van der Waals surface area contributed by atoms with Crippen molar-refractivity contribution < 1.29 is 0 Å². The zero-order valence-corrected chi connectivity index (χ0v) is 4.26. The summed E-state index contributed by atoms with van der Waals surface area (Å²) in [6.45, 7) is 0. The highest BCUT2D eigenvalue weighted by Gasteiger charge is 1.27. The monoisotopic (exact) mass is 97.0 g/mol. The van der Waals surface area contributed by atoms with Crippen molar-refractivity contribution in [2.24, 2.45) is 5.14 Å². The summed E-state index contributed by atoms with van der Waals surface area (Å²) in [7, 11) is 2.22. The maximum Gasteiger partial charge on any atom is -0.0203 e. The molecule has 0 saturated carbocycles. The Kier molecular flexibility index (Phi) is 4.26. The molecule has 28 valence electrons. The van der Waals surface area contributed by atoms with Crippen LogP contribution in [0.4, 0.5) is 0 Å². The summed E-state index contributed by atoms with van der Waals surface area (Å²) in [5.41, 5.74) is 0. The molecule has 0 unspecified atom stereocenters. The Bertz CT molecular complexity index is 21.2. The van der Waals surface area contributed by atoms with Crippen LogP contribution in [-0.4, -0.2) is 6.26 Å². The molecule has 0 rings (SSSR count). The summed E-state index contributed by atoms with van der Waals surface area (Å²) in [5, 5.41) is 4.99. The fraction of sp³-hybridized carbons (Fsp3) is 1.00. The van der Waals surface area contributed by atoms with Crippen LogP contribution in [0, 0.1) is 0 Å². The van der Waals surface area contributed by atoms with Gasteiger partial charge in [0.25, 0.3) is 0 Å². The number of nitrogens with two attached hydrogens (primary N) is 1. The second-order valence-corrected chi connectivity index (χ2v) is 2.84. The molecule has 0 aromatic heterocycles. The molecule has 0 radical (unpaired) electrons. The van der Waals surface area contributed by atoms with Gasteiger partial charge in [-0.25, -0.2) is 0 Å². The molecule has 0 atom stereocenters. The second kappa shape index (κ2) is 3.66. The van der Waals surface area contributed by atoms with Crippen molar-refractivity contribution in [2.45, 2.75) is 0 Å². The van der Waals surface area contributed by atoms with Gasteiger partial charge < -0.3 is 0 Å². The summed E-state index contributed by atoms with van der Waals surface area (Å²) < 4.78 is 0. The molecular weight excluding hydrogens is 90.2 g/mol. The first-order chi connectivity index (χ1) is 1.91. The summed E-state index contributed by atoms with van der Waals surface area (Å²) >= 11 is 0. The van der Waals surface area contributed by atoms with Gasteiger partial charge in [-0.1, -0.05) is 0 Å². The fourth-order valence-electron chi connectivity index (χ4n) is 0. The molecule has 3 heteroatoms. The van der Waals surface area contributed by atoms with E-state index in [4.69, 9.17) is 5.14 Å². The van der Waals surface area contributed by atoms with Crippen LogP contribution in [-0.2, 0) is 20.8 Å². The Morgan fingerprint density at radius 2 is 2.00 bits per heavy atom. The van der Waals surface area contributed by atoms with Gasteiger partial charge in [0.15, 0.2) is 0 Å². The van der Waals surface area contributed by atoms with Crippen LogP contribution in [0.15, 0.2) is 0 Å². The van der Waals surface area contributed by atoms with Crippen LogP contribution in [0.3, 0.4) is 0 Å². The lowest BCUT2D eigenvalue weighted by Crippen LogP contribution is -1.77. The second-order valence-electron chi connectivity index (χ2n) is 0.315. The van der Waals surface area contributed by atoms with Crippen LogP contribution in [0.2, 0.25) is 0 Å². The van der Waals surface area contributed by atoms with Gasteiger partial charge in [-0.05, 0) is 6.26 Å². The minimum atomic E-state index is 0.971. The normalized spacial score (nSPS) is 13.5. The Morgan fingerprint density at radius 1 is 1.75 bits per heavy atom. The third kappa shape index (κ3) is 2.66. The number of hydrogen-bond acceptors (Lipinski definition) is 0. The smallest absolute Gasteiger partial charge is 0.0203 e. The molecule has 0 fully saturated rings. The molecule has 0 amide bonds.